The fraction of sp³-hybridized carbons (Fsp3) is 0.538. The summed E-state index contributed by atoms with van der Waals surface area (Å²) in [6.45, 7) is 4.13. The normalized spacial score (nSPS) is 19.8. The van der Waals surface area contributed by atoms with Crippen molar-refractivity contribution in [3.63, 3.8) is 0 Å². The molecule has 1 aromatic rings. The molecule has 1 heterocycles. The Morgan fingerprint density at radius 2 is 2.06 bits per heavy atom. The Hall–Kier alpha value is -1.09. The van der Waals surface area contributed by atoms with Gasteiger partial charge in [0.1, 0.15) is 5.82 Å². The average Bonchev–Trinajstić information content (AvgIpc) is 2.30. The summed E-state index contributed by atoms with van der Waals surface area (Å²) >= 11 is 0. The van der Waals surface area contributed by atoms with Crippen LogP contribution in [0.5, 0.6) is 0 Å². The Morgan fingerprint density at radius 3 is 2.62 bits per heavy atom. The lowest BCUT2D eigenvalue weighted by Crippen LogP contribution is -2.40. The average molecular weight is 223 g/mol. The maximum atomic E-state index is 13.1. The first kappa shape index (κ1) is 11.4. The van der Waals surface area contributed by atoms with Gasteiger partial charge in [-0.25, -0.2) is 4.39 Å². The number of hydrogen-bond acceptors (Lipinski definition) is 2. The van der Waals surface area contributed by atoms with Gasteiger partial charge in [-0.1, -0.05) is 13.0 Å². The van der Waals surface area contributed by atoms with Gasteiger partial charge in [0, 0.05) is 25.4 Å². The topological polar surface area (TPSA) is 23.5 Å². The van der Waals surface area contributed by atoms with Gasteiger partial charge in [0.2, 0.25) is 0 Å². The van der Waals surface area contributed by atoms with Gasteiger partial charge in [0.15, 0.2) is 0 Å². The third-order valence-corrected chi connectivity index (χ3v) is 3.53. The summed E-state index contributed by atoms with van der Waals surface area (Å²) in [5, 5.41) is 9.27. The molecule has 0 radical (unpaired) electrons. The van der Waals surface area contributed by atoms with Gasteiger partial charge in [0.25, 0.3) is 0 Å². The molecule has 0 unspecified atom stereocenters. The van der Waals surface area contributed by atoms with Crippen LogP contribution in [0.15, 0.2) is 24.3 Å². The van der Waals surface area contributed by atoms with Crippen LogP contribution < -0.4 is 4.90 Å². The lowest BCUT2D eigenvalue weighted by Gasteiger charge is -2.39. The fourth-order valence-corrected chi connectivity index (χ4v) is 2.14. The highest BCUT2D eigenvalue weighted by Crippen LogP contribution is 2.32. The zero-order valence-electron chi connectivity index (χ0n) is 9.62. The summed E-state index contributed by atoms with van der Waals surface area (Å²) in [5.41, 5.74) is 0.990. The van der Waals surface area contributed by atoms with Crippen LogP contribution in [0.3, 0.4) is 0 Å². The van der Waals surface area contributed by atoms with Crippen LogP contribution in [0.4, 0.5) is 10.1 Å². The van der Waals surface area contributed by atoms with E-state index < -0.39 is 0 Å². The van der Waals surface area contributed by atoms with E-state index in [1.54, 1.807) is 12.1 Å². The van der Waals surface area contributed by atoms with Crippen molar-refractivity contribution in [3.8, 4) is 0 Å². The first-order chi connectivity index (χ1) is 7.63. The fourth-order valence-electron chi connectivity index (χ4n) is 2.14. The van der Waals surface area contributed by atoms with Crippen LogP contribution in [0, 0.1) is 11.2 Å². The minimum absolute atomic E-state index is 0.0455. The van der Waals surface area contributed by atoms with Crippen molar-refractivity contribution in [3.05, 3.63) is 30.1 Å². The summed E-state index contributed by atoms with van der Waals surface area (Å²) in [6.07, 6.45) is 1.92. The quantitative estimate of drug-likeness (QED) is 0.832. The number of nitrogens with zero attached hydrogens (tertiary/aromatic N) is 1. The second-order valence-corrected chi connectivity index (χ2v) is 4.94. The Balaban J connectivity index is 2.04. The molecule has 0 atom stereocenters. The van der Waals surface area contributed by atoms with E-state index in [-0.39, 0.29) is 17.8 Å². The number of piperidine rings is 1. The van der Waals surface area contributed by atoms with Crippen molar-refractivity contribution in [1.29, 1.82) is 0 Å². The third-order valence-electron chi connectivity index (χ3n) is 3.53. The summed E-state index contributed by atoms with van der Waals surface area (Å²) in [7, 11) is 0. The van der Waals surface area contributed by atoms with Gasteiger partial charge in [-0.2, -0.15) is 0 Å². The first-order valence-electron chi connectivity index (χ1n) is 5.74. The molecule has 88 valence electrons. The number of aliphatic hydroxyl groups excluding tert-OH is 1. The van der Waals surface area contributed by atoms with Crippen LogP contribution in [0.25, 0.3) is 0 Å². The zero-order chi connectivity index (χ0) is 11.6. The van der Waals surface area contributed by atoms with Crippen molar-refractivity contribution in [1.82, 2.24) is 0 Å². The number of anilines is 1. The van der Waals surface area contributed by atoms with Crippen LogP contribution in [-0.4, -0.2) is 24.8 Å². The molecule has 0 saturated carbocycles. The number of hydrogen-bond donors (Lipinski definition) is 1. The number of aliphatic hydroxyl groups is 1. The zero-order valence-corrected chi connectivity index (χ0v) is 9.62. The summed E-state index contributed by atoms with van der Waals surface area (Å²) < 4.78 is 13.1. The van der Waals surface area contributed by atoms with E-state index in [2.05, 4.69) is 11.8 Å². The number of halogens is 1. The summed E-state index contributed by atoms with van der Waals surface area (Å²) in [6, 6.07) is 6.71. The molecule has 0 aliphatic carbocycles. The van der Waals surface area contributed by atoms with Crippen molar-refractivity contribution in [2.24, 2.45) is 5.41 Å². The Labute approximate surface area is 95.7 Å². The van der Waals surface area contributed by atoms with Crippen LogP contribution >= 0.6 is 0 Å². The molecule has 1 aliphatic heterocycles. The molecule has 1 N–H and O–H groups in total. The molecule has 2 nitrogen and oxygen atoms in total. The SMILES string of the molecule is CC1(CO)CCN(c2cccc(F)c2)CC1. The van der Waals surface area contributed by atoms with Gasteiger partial charge in [-0.05, 0) is 36.5 Å². The van der Waals surface area contributed by atoms with E-state index in [4.69, 9.17) is 0 Å². The molecule has 1 aromatic carbocycles. The van der Waals surface area contributed by atoms with Gasteiger partial charge in [-0.3, -0.25) is 0 Å². The predicted octanol–water partition coefficient (Wildman–Crippen LogP) is 2.42. The van der Waals surface area contributed by atoms with E-state index >= 15 is 0 Å². The van der Waals surface area contributed by atoms with Crippen molar-refractivity contribution >= 4 is 5.69 Å². The van der Waals surface area contributed by atoms with E-state index in [0.29, 0.717) is 0 Å². The maximum absolute atomic E-state index is 13.1. The highest BCUT2D eigenvalue weighted by molar-refractivity contribution is 5.46. The Morgan fingerprint density at radius 1 is 1.38 bits per heavy atom. The largest absolute Gasteiger partial charge is 0.396 e. The Kier molecular flexibility index (Phi) is 3.15. The molecule has 0 aromatic heterocycles. The van der Waals surface area contributed by atoms with Gasteiger partial charge in [-0.15, -0.1) is 0 Å². The molecule has 1 saturated heterocycles. The molecule has 2 rings (SSSR count). The summed E-state index contributed by atoms with van der Waals surface area (Å²) in [5.74, 6) is -0.187. The molecule has 1 aliphatic rings. The second-order valence-electron chi connectivity index (χ2n) is 4.94. The van der Waals surface area contributed by atoms with Crippen LogP contribution in [0.2, 0.25) is 0 Å². The van der Waals surface area contributed by atoms with Crippen molar-refractivity contribution in [2.75, 3.05) is 24.6 Å². The number of rotatable bonds is 2. The Bertz CT molecular complexity index is 359. The second kappa shape index (κ2) is 4.42. The minimum atomic E-state index is -0.187. The van der Waals surface area contributed by atoms with Gasteiger partial charge in [0.05, 0.1) is 0 Å². The monoisotopic (exact) mass is 223 g/mol. The molecule has 1 fully saturated rings. The molecule has 0 bridgehead atoms. The highest BCUT2D eigenvalue weighted by atomic mass is 19.1. The lowest BCUT2D eigenvalue weighted by molar-refractivity contribution is 0.115. The lowest BCUT2D eigenvalue weighted by atomic mass is 9.81. The maximum Gasteiger partial charge on any atom is 0.125 e. The molecule has 0 spiro atoms. The van der Waals surface area contributed by atoms with Gasteiger partial charge >= 0.3 is 0 Å². The van der Waals surface area contributed by atoms with Crippen molar-refractivity contribution < 1.29 is 9.50 Å². The minimum Gasteiger partial charge on any atom is -0.396 e. The van der Waals surface area contributed by atoms with E-state index in [1.807, 2.05) is 6.07 Å². The van der Waals surface area contributed by atoms with E-state index in [9.17, 15) is 9.50 Å². The van der Waals surface area contributed by atoms with Crippen LogP contribution in [-0.2, 0) is 0 Å². The smallest absolute Gasteiger partial charge is 0.125 e. The summed E-state index contributed by atoms with van der Waals surface area (Å²) in [4.78, 5) is 2.18. The van der Waals surface area contributed by atoms with Crippen LogP contribution in [0.1, 0.15) is 19.8 Å². The van der Waals surface area contributed by atoms with Gasteiger partial charge < -0.3 is 10.0 Å². The predicted molar refractivity (Wildman–Crippen MR) is 63.0 cm³/mol. The third kappa shape index (κ3) is 2.35. The van der Waals surface area contributed by atoms with E-state index in [0.717, 1.165) is 31.6 Å². The molecule has 16 heavy (non-hydrogen) atoms. The molecule has 3 heteroatoms. The standard InChI is InChI=1S/C13H18FNO/c1-13(10-16)5-7-15(8-6-13)12-4-2-3-11(14)9-12/h2-4,9,16H,5-8,10H2,1H3. The van der Waals surface area contributed by atoms with Crippen molar-refractivity contribution in [2.45, 2.75) is 19.8 Å². The molecular weight excluding hydrogens is 205 g/mol. The number of benzene rings is 1. The highest BCUT2D eigenvalue weighted by Gasteiger charge is 2.29. The van der Waals surface area contributed by atoms with E-state index in [1.165, 1.54) is 6.07 Å². The first-order valence-corrected chi connectivity index (χ1v) is 5.74. The molecular formula is C13H18FNO. The molecule has 0 amide bonds.